The Morgan fingerprint density at radius 2 is 2.12 bits per heavy atom. The van der Waals surface area contributed by atoms with E-state index in [1.165, 1.54) is 17.2 Å². The summed E-state index contributed by atoms with van der Waals surface area (Å²) < 4.78 is 5.40. The summed E-state index contributed by atoms with van der Waals surface area (Å²) in [7, 11) is 0. The van der Waals surface area contributed by atoms with E-state index in [4.69, 9.17) is 4.52 Å². The van der Waals surface area contributed by atoms with Gasteiger partial charge < -0.3 is 14.8 Å². The fraction of sp³-hybridized carbons (Fsp3) is 0.294. The lowest BCUT2D eigenvalue weighted by atomic mass is 9.95. The molecule has 3 aromatic heterocycles. The zero-order valence-electron chi connectivity index (χ0n) is 13.5. The van der Waals surface area contributed by atoms with Crippen molar-refractivity contribution < 1.29 is 4.52 Å². The van der Waals surface area contributed by atoms with Crippen LogP contribution in [0.1, 0.15) is 22.5 Å². The summed E-state index contributed by atoms with van der Waals surface area (Å²) in [6.07, 6.45) is 2.81. The van der Waals surface area contributed by atoms with Crippen molar-refractivity contribution in [3.63, 3.8) is 0 Å². The van der Waals surface area contributed by atoms with E-state index < -0.39 is 0 Å². The van der Waals surface area contributed by atoms with Crippen LogP contribution in [-0.2, 0) is 13.0 Å². The number of nitrogens with zero attached hydrogens (tertiary/aromatic N) is 3. The highest BCUT2D eigenvalue weighted by Crippen LogP contribution is 2.30. The topological polar surface area (TPSA) is 96.7 Å². The second kappa shape index (κ2) is 5.68. The molecule has 0 bridgehead atoms. The molecule has 7 nitrogen and oxygen atoms in total. The monoisotopic (exact) mass is 323 g/mol. The molecule has 0 aromatic carbocycles. The molecule has 0 saturated heterocycles. The van der Waals surface area contributed by atoms with Gasteiger partial charge in [0.2, 0.25) is 11.4 Å². The van der Waals surface area contributed by atoms with Crippen molar-refractivity contribution in [2.24, 2.45) is 0 Å². The van der Waals surface area contributed by atoms with Crippen LogP contribution < -0.4 is 10.9 Å². The molecule has 0 fully saturated rings. The van der Waals surface area contributed by atoms with E-state index in [2.05, 4.69) is 25.4 Å². The van der Waals surface area contributed by atoms with Gasteiger partial charge in [-0.15, -0.1) is 0 Å². The number of aromatic amines is 1. The average molecular weight is 323 g/mol. The summed E-state index contributed by atoms with van der Waals surface area (Å²) in [6, 6.07) is 3.27. The SMILES string of the molecule is Cc1cc(-c2nc(-c3c(C)ncc4c3CCNC4)no2)cc(=O)[nH]1. The van der Waals surface area contributed by atoms with Crippen molar-refractivity contribution in [3.05, 3.63) is 51.2 Å². The van der Waals surface area contributed by atoms with E-state index in [0.29, 0.717) is 17.3 Å². The summed E-state index contributed by atoms with van der Waals surface area (Å²) >= 11 is 0. The molecule has 4 heterocycles. The van der Waals surface area contributed by atoms with E-state index in [9.17, 15) is 4.79 Å². The molecule has 0 unspecified atom stereocenters. The molecule has 3 aromatic rings. The van der Waals surface area contributed by atoms with Crippen molar-refractivity contribution in [1.29, 1.82) is 0 Å². The van der Waals surface area contributed by atoms with Gasteiger partial charge in [0.15, 0.2) is 0 Å². The Labute approximate surface area is 138 Å². The zero-order chi connectivity index (χ0) is 16.7. The van der Waals surface area contributed by atoms with Gasteiger partial charge in [0.1, 0.15) is 0 Å². The lowest BCUT2D eigenvalue weighted by molar-refractivity contribution is 0.432. The number of hydrogen-bond acceptors (Lipinski definition) is 6. The Kier molecular flexibility index (Phi) is 3.50. The van der Waals surface area contributed by atoms with Crippen LogP contribution in [0.3, 0.4) is 0 Å². The molecule has 122 valence electrons. The Morgan fingerprint density at radius 1 is 1.25 bits per heavy atom. The fourth-order valence-corrected chi connectivity index (χ4v) is 3.12. The minimum Gasteiger partial charge on any atom is -0.334 e. The van der Waals surface area contributed by atoms with Crippen LogP contribution >= 0.6 is 0 Å². The van der Waals surface area contributed by atoms with Crippen LogP contribution in [-0.4, -0.2) is 26.7 Å². The smallest absolute Gasteiger partial charge is 0.258 e. The Balaban J connectivity index is 1.82. The molecule has 0 saturated carbocycles. The second-order valence-corrected chi connectivity index (χ2v) is 5.99. The zero-order valence-corrected chi connectivity index (χ0v) is 13.5. The minimum atomic E-state index is -0.189. The van der Waals surface area contributed by atoms with Gasteiger partial charge in [-0.1, -0.05) is 5.16 Å². The predicted molar refractivity (Wildman–Crippen MR) is 88.5 cm³/mol. The van der Waals surface area contributed by atoms with E-state index in [1.54, 1.807) is 0 Å². The quantitative estimate of drug-likeness (QED) is 0.746. The number of fused-ring (bicyclic) bond motifs is 1. The largest absolute Gasteiger partial charge is 0.334 e. The minimum absolute atomic E-state index is 0.189. The summed E-state index contributed by atoms with van der Waals surface area (Å²) in [5, 5.41) is 7.47. The third kappa shape index (κ3) is 2.52. The molecule has 0 aliphatic carbocycles. The first-order chi connectivity index (χ1) is 11.6. The number of rotatable bonds is 2. The van der Waals surface area contributed by atoms with Crippen molar-refractivity contribution in [3.8, 4) is 22.8 Å². The lowest BCUT2D eigenvalue weighted by Crippen LogP contribution is -2.24. The second-order valence-electron chi connectivity index (χ2n) is 5.99. The standard InChI is InChI=1S/C17H17N5O2/c1-9-5-11(6-14(23)20-9)17-21-16(22-24-17)15-10(2)19-8-12-7-18-4-3-13(12)15/h5-6,8,18H,3-4,7H2,1-2H3,(H,20,23). The van der Waals surface area contributed by atoms with Crippen molar-refractivity contribution in [2.45, 2.75) is 26.8 Å². The first-order valence-corrected chi connectivity index (χ1v) is 7.85. The lowest BCUT2D eigenvalue weighted by Gasteiger charge is -2.19. The van der Waals surface area contributed by atoms with E-state index in [0.717, 1.165) is 36.5 Å². The van der Waals surface area contributed by atoms with Crippen LogP contribution in [0.25, 0.3) is 22.8 Å². The van der Waals surface area contributed by atoms with Crippen molar-refractivity contribution in [2.75, 3.05) is 6.54 Å². The maximum Gasteiger partial charge on any atom is 0.258 e. The van der Waals surface area contributed by atoms with Gasteiger partial charge in [-0.25, -0.2) is 0 Å². The molecule has 1 aliphatic heterocycles. The number of H-pyrrole nitrogens is 1. The number of hydrogen-bond donors (Lipinski definition) is 2. The molecule has 0 atom stereocenters. The van der Waals surface area contributed by atoms with Crippen molar-refractivity contribution in [1.82, 2.24) is 25.4 Å². The summed E-state index contributed by atoms with van der Waals surface area (Å²) in [5.41, 5.74) is 5.38. The van der Waals surface area contributed by atoms with Crippen molar-refractivity contribution >= 4 is 0 Å². The average Bonchev–Trinajstić information content (AvgIpc) is 3.03. The van der Waals surface area contributed by atoms with Gasteiger partial charge in [-0.2, -0.15) is 4.98 Å². The molecule has 0 radical (unpaired) electrons. The third-order valence-corrected chi connectivity index (χ3v) is 4.21. The molecule has 2 N–H and O–H groups in total. The third-order valence-electron chi connectivity index (χ3n) is 4.21. The normalized spacial score (nSPS) is 13.8. The molecule has 0 spiro atoms. The van der Waals surface area contributed by atoms with Gasteiger partial charge in [-0.05, 0) is 44.0 Å². The first kappa shape index (κ1) is 14.8. The van der Waals surface area contributed by atoms with Gasteiger partial charge in [0.05, 0.1) is 0 Å². The summed E-state index contributed by atoms with van der Waals surface area (Å²) in [6.45, 7) is 5.48. The number of aryl methyl sites for hydroxylation is 2. The molecule has 0 amide bonds. The maximum absolute atomic E-state index is 11.6. The highest BCUT2D eigenvalue weighted by Gasteiger charge is 2.21. The molecular weight excluding hydrogens is 306 g/mol. The van der Waals surface area contributed by atoms with Crippen LogP contribution in [0.5, 0.6) is 0 Å². The fourth-order valence-electron chi connectivity index (χ4n) is 3.12. The Hall–Kier alpha value is -2.80. The van der Waals surface area contributed by atoms with Crippen LogP contribution in [0, 0.1) is 13.8 Å². The van der Waals surface area contributed by atoms with Gasteiger partial charge in [-0.3, -0.25) is 9.78 Å². The van der Waals surface area contributed by atoms with Crippen LogP contribution in [0.2, 0.25) is 0 Å². The Morgan fingerprint density at radius 3 is 2.96 bits per heavy atom. The summed E-state index contributed by atoms with van der Waals surface area (Å²) in [4.78, 5) is 23.3. The van der Waals surface area contributed by atoms with E-state index in [-0.39, 0.29) is 5.56 Å². The highest BCUT2D eigenvalue weighted by atomic mass is 16.5. The predicted octanol–water partition coefficient (Wildman–Crippen LogP) is 1.75. The van der Waals surface area contributed by atoms with Crippen LogP contribution in [0.4, 0.5) is 0 Å². The van der Waals surface area contributed by atoms with Gasteiger partial charge in [0.25, 0.3) is 5.89 Å². The maximum atomic E-state index is 11.6. The number of nitrogens with one attached hydrogen (secondary N) is 2. The van der Waals surface area contributed by atoms with E-state index in [1.807, 2.05) is 26.1 Å². The van der Waals surface area contributed by atoms with E-state index >= 15 is 0 Å². The molecule has 4 rings (SSSR count). The molecule has 24 heavy (non-hydrogen) atoms. The number of pyridine rings is 2. The molecule has 7 heteroatoms. The number of aromatic nitrogens is 4. The first-order valence-electron chi connectivity index (χ1n) is 7.85. The van der Waals surface area contributed by atoms with Gasteiger partial charge >= 0.3 is 0 Å². The van der Waals surface area contributed by atoms with Gasteiger partial charge in [0, 0.05) is 41.3 Å². The molecular formula is C17H17N5O2. The molecule has 1 aliphatic rings. The van der Waals surface area contributed by atoms with Crippen LogP contribution in [0.15, 0.2) is 27.6 Å². The Bertz CT molecular complexity index is 973. The highest BCUT2D eigenvalue weighted by molar-refractivity contribution is 5.66. The summed E-state index contributed by atoms with van der Waals surface area (Å²) in [5.74, 6) is 0.858.